The van der Waals surface area contributed by atoms with Crippen molar-refractivity contribution in [2.75, 3.05) is 25.5 Å². The van der Waals surface area contributed by atoms with Gasteiger partial charge in [-0.05, 0) is 20.9 Å². The average molecular weight is 229 g/mol. The Kier molecular flexibility index (Phi) is 4.61. The van der Waals surface area contributed by atoms with E-state index < -0.39 is 11.6 Å². The number of aromatic nitrogens is 1. The van der Waals surface area contributed by atoms with Gasteiger partial charge in [0.15, 0.2) is 11.6 Å². The normalized spacial score (nSPS) is 11.2. The molecule has 16 heavy (non-hydrogen) atoms. The first-order valence-corrected chi connectivity index (χ1v) is 5.26. The van der Waals surface area contributed by atoms with Crippen LogP contribution in [0, 0.1) is 11.6 Å². The van der Waals surface area contributed by atoms with Crippen molar-refractivity contribution in [1.29, 1.82) is 0 Å². The van der Waals surface area contributed by atoms with Gasteiger partial charge in [0, 0.05) is 25.2 Å². The van der Waals surface area contributed by atoms with Gasteiger partial charge >= 0.3 is 0 Å². The Hall–Kier alpha value is -1.23. The maximum absolute atomic E-state index is 13.2. The Morgan fingerprint density at radius 3 is 2.69 bits per heavy atom. The fourth-order valence-electron chi connectivity index (χ4n) is 1.15. The van der Waals surface area contributed by atoms with Crippen molar-refractivity contribution in [1.82, 2.24) is 9.88 Å². The molecule has 90 valence electrons. The van der Waals surface area contributed by atoms with E-state index in [1.807, 2.05) is 7.05 Å². The molecular weight excluding hydrogens is 212 g/mol. The van der Waals surface area contributed by atoms with Crippen molar-refractivity contribution in [3.63, 3.8) is 0 Å². The molecule has 5 heteroatoms. The van der Waals surface area contributed by atoms with Gasteiger partial charge in [-0.15, -0.1) is 0 Å². The zero-order valence-electron chi connectivity index (χ0n) is 9.80. The molecule has 0 unspecified atom stereocenters. The number of hydrogen-bond donors (Lipinski definition) is 1. The van der Waals surface area contributed by atoms with Gasteiger partial charge in [-0.2, -0.15) is 0 Å². The number of halogens is 2. The van der Waals surface area contributed by atoms with Crippen molar-refractivity contribution in [2.24, 2.45) is 0 Å². The minimum Gasteiger partial charge on any atom is -0.366 e. The molecule has 0 aliphatic carbocycles. The number of anilines is 1. The third-order valence-electron chi connectivity index (χ3n) is 2.45. The van der Waals surface area contributed by atoms with Crippen LogP contribution < -0.4 is 5.32 Å². The second-order valence-corrected chi connectivity index (χ2v) is 3.99. The molecule has 1 N–H and O–H groups in total. The standard InChI is InChI=1S/C11H17F2N3/c1-8(2)16(3)5-4-14-11-10(13)6-9(12)7-15-11/h6-8H,4-5H2,1-3H3,(H,14,15). The summed E-state index contributed by atoms with van der Waals surface area (Å²) in [4.78, 5) is 5.76. The van der Waals surface area contributed by atoms with E-state index >= 15 is 0 Å². The van der Waals surface area contributed by atoms with Crippen molar-refractivity contribution in [3.05, 3.63) is 23.9 Å². The minimum atomic E-state index is -0.664. The maximum atomic E-state index is 13.2. The lowest BCUT2D eigenvalue weighted by molar-refractivity contribution is 0.284. The highest BCUT2D eigenvalue weighted by atomic mass is 19.1. The van der Waals surface area contributed by atoms with Gasteiger partial charge in [0.05, 0.1) is 6.20 Å². The van der Waals surface area contributed by atoms with Crippen molar-refractivity contribution < 1.29 is 8.78 Å². The van der Waals surface area contributed by atoms with E-state index in [0.717, 1.165) is 18.8 Å². The molecule has 0 bridgehead atoms. The summed E-state index contributed by atoms with van der Waals surface area (Å²) < 4.78 is 25.7. The van der Waals surface area contributed by atoms with Gasteiger partial charge < -0.3 is 10.2 Å². The van der Waals surface area contributed by atoms with E-state index in [2.05, 4.69) is 29.0 Å². The summed E-state index contributed by atoms with van der Waals surface area (Å²) in [6, 6.07) is 1.26. The third kappa shape index (κ3) is 3.73. The van der Waals surface area contributed by atoms with Gasteiger partial charge in [-0.3, -0.25) is 0 Å². The zero-order chi connectivity index (χ0) is 12.1. The molecule has 0 atom stereocenters. The molecule has 1 aromatic heterocycles. The Balaban J connectivity index is 2.43. The number of likely N-dealkylation sites (N-methyl/N-ethyl adjacent to an activating group) is 1. The quantitative estimate of drug-likeness (QED) is 0.838. The molecule has 0 radical (unpaired) electrons. The van der Waals surface area contributed by atoms with E-state index in [0.29, 0.717) is 12.6 Å². The SMILES string of the molecule is CC(C)N(C)CCNc1ncc(F)cc1F. The van der Waals surface area contributed by atoms with Gasteiger partial charge in [0.1, 0.15) is 5.82 Å². The van der Waals surface area contributed by atoms with Crippen LogP contribution in [0.25, 0.3) is 0 Å². The molecule has 0 amide bonds. The molecular formula is C11H17F2N3. The van der Waals surface area contributed by atoms with Gasteiger partial charge in [-0.1, -0.05) is 0 Å². The first-order valence-electron chi connectivity index (χ1n) is 5.26. The van der Waals surface area contributed by atoms with E-state index in [1.54, 1.807) is 0 Å². The first-order chi connectivity index (χ1) is 7.50. The Bertz CT molecular complexity index is 342. The largest absolute Gasteiger partial charge is 0.366 e. The number of rotatable bonds is 5. The minimum absolute atomic E-state index is 0.0959. The van der Waals surface area contributed by atoms with Crippen LogP contribution in [0.1, 0.15) is 13.8 Å². The van der Waals surface area contributed by atoms with Crippen LogP contribution in [-0.4, -0.2) is 36.1 Å². The molecule has 3 nitrogen and oxygen atoms in total. The molecule has 0 saturated carbocycles. The lowest BCUT2D eigenvalue weighted by Gasteiger charge is -2.21. The van der Waals surface area contributed by atoms with Crippen LogP contribution in [0.15, 0.2) is 12.3 Å². The summed E-state index contributed by atoms with van der Waals surface area (Å²) in [5.74, 6) is -1.23. The van der Waals surface area contributed by atoms with Crippen LogP contribution in [-0.2, 0) is 0 Å². The summed E-state index contributed by atoms with van der Waals surface area (Å²) in [7, 11) is 1.99. The Morgan fingerprint density at radius 1 is 1.44 bits per heavy atom. The maximum Gasteiger partial charge on any atom is 0.168 e. The van der Waals surface area contributed by atoms with E-state index in [1.165, 1.54) is 0 Å². The van der Waals surface area contributed by atoms with Crippen LogP contribution in [0.2, 0.25) is 0 Å². The molecule has 1 heterocycles. The van der Waals surface area contributed by atoms with Gasteiger partial charge in [0.25, 0.3) is 0 Å². The summed E-state index contributed by atoms with van der Waals surface area (Å²) in [6.45, 7) is 5.51. The summed E-state index contributed by atoms with van der Waals surface area (Å²) in [6.07, 6.45) is 0.998. The van der Waals surface area contributed by atoms with Crippen LogP contribution in [0.3, 0.4) is 0 Å². The molecule has 0 aliphatic heterocycles. The lowest BCUT2D eigenvalue weighted by Crippen LogP contribution is -2.31. The second kappa shape index (κ2) is 5.75. The molecule has 0 aliphatic rings. The fraction of sp³-hybridized carbons (Fsp3) is 0.545. The average Bonchev–Trinajstić information content (AvgIpc) is 2.20. The number of pyridine rings is 1. The zero-order valence-corrected chi connectivity index (χ0v) is 9.80. The predicted octanol–water partition coefficient (Wildman–Crippen LogP) is 2.11. The molecule has 0 fully saturated rings. The smallest absolute Gasteiger partial charge is 0.168 e. The molecule has 1 aromatic rings. The van der Waals surface area contributed by atoms with E-state index in [9.17, 15) is 8.78 Å². The highest BCUT2D eigenvalue weighted by molar-refractivity contribution is 5.35. The van der Waals surface area contributed by atoms with Crippen molar-refractivity contribution in [2.45, 2.75) is 19.9 Å². The van der Waals surface area contributed by atoms with Gasteiger partial charge in [-0.25, -0.2) is 13.8 Å². The van der Waals surface area contributed by atoms with Gasteiger partial charge in [0.2, 0.25) is 0 Å². The van der Waals surface area contributed by atoms with E-state index in [4.69, 9.17) is 0 Å². The van der Waals surface area contributed by atoms with Crippen molar-refractivity contribution >= 4 is 5.82 Å². The van der Waals surface area contributed by atoms with Crippen LogP contribution in [0.4, 0.5) is 14.6 Å². The fourth-order valence-corrected chi connectivity index (χ4v) is 1.15. The number of nitrogens with one attached hydrogen (secondary N) is 1. The molecule has 0 aromatic carbocycles. The highest BCUT2D eigenvalue weighted by Gasteiger charge is 2.06. The Morgan fingerprint density at radius 2 is 2.12 bits per heavy atom. The monoisotopic (exact) mass is 229 g/mol. The second-order valence-electron chi connectivity index (χ2n) is 3.99. The topological polar surface area (TPSA) is 28.2 Å². The predicted molar refractivity (Wildman–Crippen MR) is 60.4 cm³/mol. The van der Waals surface area contributed by atoms with Crippen LogP contribution in [0.5, 0.6) is 0 Å². The number of nitrogens with zero attached hydrogens (tertiary/aromatic N) is 2. The summed E-state index contributed by atoms with van der Waals surface area (Å²) in [5.41, 5.74) is 0. The lowest BCUT2D eigenvalue weighted by atomic mass is 10.3. The summed E-state index contributed by atoms with van der Waals surface area (Å²) >= 11 is 0. The molecule has 0 spiro atoms. The first kappa shape index (κ1) is 12.8. The third-order valence-corrected chi connectivity index (χ3v) is 2.45. The van der Waals surface area contributed by atoms with Crippen molar-refractivity contribution in [3.8, 4) is 0 Å². The van der Waals surface area contributed by atoms with Crippen LogP contribution >= 0.6 is 0 Å². The highest BCUT2D eigenvalue weighted by Crippen LogP contribution is 2.10. The van der Waals surface area contributed by atoms with E-state index in [-0.39, 0.29) is 5.82 Å². The molecule has 0 saturated heterocycles. The Labute approximate surface area is 94.5 Å². The molecule has 1 rings (SSSR count). The summed E-state index contributed by atoms with van der Waals surface area (Å²) in [5, 5.41) is 2.83. The number of hydrogen-bond acceptors (Lipinski definition) is 3.